The van der Waals surface area contributed by atoms with E-state index in [1.54, 1.807) is 0 Å². The van der Waals surface area contributed by atoms with Crippen LogP contribution in [0.2, 0.25) is 0 Å². The lowest BCUT2D eigenvalue weighted by molar-refractivity contribution is -0.123. The number of aryl methyl sites for hydroxylation is 1. The normalized spacial score (nSPS) is 25.3. The molecule has 86 valence electrons. The quantitative estimate of drug-likeness (QED) is 0.842. The molecule has 1 fully saturated rings. The summed E-state index contributed by atoms with van der Waals surface area (Å²) in [6, 6.07) is 6.70. The van der Waals surface area contributed by atoms with E-state index in [0.717, 1.165) is 10.9 Å². The van der Waals surface area contributed by atoms with Gasteiger partial charge in [-0.1, -0.05) is 28.1 Å². The van der Waals surface area contributed by atoms with Crippen LogP contribution in [0.4, 0.5) is 0 Å². The maximum atomic E-state index is 11.3. The highest BCUT2D eigenvalue weighted by atomic mass is 79.9. The fraction of sp³-hybridized carbons (Fsp3) is 0.462. The number of halogens is 1. The maximum absolute atomic E-state index is 11.3. The van der Waals surface area contributed by atoms with Crippen molar-refractivity contribution < 1.29 is 4.79 Å². The first-order valence-electron chi connectivity index (χ1n) is 5.63. The van der Waals surface area contributed by atoms with E-state index in [2.05, 4.69) is 53.3 Å². The second-order valence-corrected chi connectivity index (χ2v) is 5.36. The molecule has 1 aromatic carbocycles. The van der Waals surface area contributed by atoms with Gasteiger partial charge in [0.1, 0.15) is 0 Å². The molecule has 2 atom stereocenters. The molecule has 1 saturated heterocycles. The second kappa shape index (κ2) is 4.58. The van der Waals surface area contributed by atoms with Crippen LogP contribution < -0.4 is 5.32 Å². The van der Waals surface area contributed by atoms with Gasteiger partial charge in [0, 0.05) is 22.9 Å². The Bertz CT molecular complexity index is 416. The van der Waals surface area contributed by atoms with E-state index in [-0.39, 0.29) is 11.9 Å². The molecule has 0 spiro atoms. The number of carbonyl (C=O) groups excluding carboxylic acids is 1. The molecule has 1 aliphatic heterocycles. The first kappa shape index (κ1) is 11.6. The lowest BCUT2D eigenvalue weighted by Gasteiger charge is -2.30. The Kier molecular flexibility index (Phi) is 3.33. The molecule has 1 aliphatic rings. The summed E-state index contributed by atoms with van der Waals surface area (Å²) in [5.74, 6) is 0.615. The van der Waals surface area contributed by atoms with Gasteiger partial charge in [-0.05, 0) is 37.5 Å². The Balaban J connectivity index is 2.23. The van der Waals surface area contributed by atoms with E-state index < -0.39 is 0 Å². The second-order valence-electron chi connectivity index (χ2n) is 4.51. The third kappa shape index (κ3) is 2.29. The van der Waals surface area contributed by atoms with Crippen LogP contribution >= 0.6 is 15.9 Å². The van der Waals surface area contributed by atoms with E-state index in [1.165, 1.54) is 11.1 Å². The van der Waals surface area contributed by atoms with Gasteiger partial charge in [-0.3, -0.25) is 4.79 Å². The number of hydrogen-bond donors (Lipinski definition) is 1. The van der Waals surface area contributed by atoms with Gasteiger partial charge in [-0.15, -0.1) is 0 Å². The summed E-state index contributed by atoms with van der Waals surface area (Å²) >= 11 is 3.56. The van der Waals surface area contributed by atoms with Crippen molar-refractivity contribution in [3.8, 4) is 0 Å². The zero-order chi connectivity index (χ0) is 11.7. The number of carbonyl (C=O) groups is 1. The minimum absolute atomic E-state index is 0.176. The molecule has 0 aromatic heterocycles. The SMILES string of the molecule is Cc1ccc(C2CCC(=O)NC2C)cc1Br. The smallest absolute Gasteiger partial charge is 0.220 e. The van der Waals surface area contributed by atoms with Crippen molar-refractivity contribution in [1.82, 2.24) is 5.32 Å². The molecule has 1 amide bonds. The van der Waals surface area contributed by atoms with E-state index in [1.807, 2.05) is 0 Å². The van der Waals surface area contributed by atoms with Crippen LogP contribution in [-0.2, 0) is 4.79 Å². The van der Waals surface area contributed by atoms with Gasteiger partial charge < -0.3 is 5.32 Å². The minimum atomic E-state index is 0.176. The van der Waals surface area contributed by atoms with Gasteiger partial charge in [0.2, 0.25) is 5.91 Å². The van der Waals surface area contributed by atoms with Gasteiger partial charge in [0.15, 0.2) is 0 Å². The molecule has 1 aromatic rings. The van der Waals surface area contributed by atoms with Gasteiger partial charge in [0.25, 0.3) is 0 Å². The van der Waals surface area contributed by atoms with E-state index in [0.29, 0.717) is 12.3 Å². The molecule has 0 radical (unpaired) electrons. The Labute approximate surface area is 105 Å². The van der Waals surface area contributed by atoms with Gasteiger partial charge in [-0.2, -0.15) is 0 Å². The molecule has 1 heterocycles. The first-order valence-corrected chi connectivity index (χ1v) is 6.42. The van der Waals surface area contributed by atoms with Crippen molar-refractivity contribution in [3.05, 3.63) is 33.8 Å². The number of amides is 1. The Morgan fingerprint density at radius 3 is 2.81 bits per heavy atom. The molecule has 3 heteroatoms. The van der Waals surface area contributed by atoms with Crippen LogP contribution in [0.1, 0.15) is 36.8 Å². The Morgan fingerprint density at radius 2 is 2.19 bits per heavy atom. The lowest BCUT2D eigenvalue weighted by atomic mass is 9.85. The van der Waals surface area contributed by atoms with Crippen molar-refractivity contribution in [2.75, 3.05) is 0 Å². The highest BCUT2D eigenvalue weighted by Crippen LogP contribution is 2.30. The molecule has 16 heavy (non-hydrogen) atoms. The summed E-state index contributed by atoms with van der Waals surface area (Å²) in [5, 5.41) is 3.01. The van der Waals surface area contributed by atoms with Gasteiger partial charge >= 0.3 is 0 Å². The maximum Gasteiger partial charge on any atom is 0.220 e. The van der Waals surface area contributed by atoms with Crippen molar-refractivity contribution in [2.45, 2.75) is 38.6 Å². The molecule has 0 saturated carbocycles. The summed E-state index contributed by atoms with van der Waals surface area (Å²) in [6.45, 7) is 4.16. The standard InChI is InChI=1S/C13H16BrNO/c1-8-3-4-10(7-12(8)14)11-5-6-13(16)15-9(11)2/h3-4,7,9,11H,5-6H2,1-2H3,(H,15,16). The highest BCUT2D eigenvalue weighted by molar-refractivity contribution is 9.10. The first-order chi connectivity index (χ1) is 7.58. The largest absolute Gasteiger partial charge is 0.353 e. The van der Waals surface area contributed by atoms with Crippen LogP contribution in [0.5, 0.6) is 0 Å². The van der Waals surface area contributed by atoms with E-state index in [9.17, 15) is 4.79 Å². The average Bonchev–Trinajstić information content (AvgIpc) is 2.22. The highest BCUT2D eigenvalue weighted by Gasteiger charge is 2.26. The van der Waals surface area contributed by atoms with Crippen LogP contribution in [0, 0.1) is 6.92 Å². The van der Waals surface area contributed by atoms with Crippen molar-refractivity contribution in [2.24, 2.45) is 0 Å². The number of piperidine rings is 1. The topological polar surface area (TPSA) is 29.1 Å². The minimum Gasteiger partial charge on any atom is -0.353 e. The van der Waals surface area contributed by atoms with Crippen LogP contribution in [0.25, 0.3) is 0 Å². The Hall–Kier alpha value is -0.830. The molecular formula is C13H16BrNO. The lowest BCUT2D eigenvalue weighted by Crippen LogP contribution is -2.41. The van der Waals surface area contributed by atoms with Crippen molar-refractivity contribution >= 4 is 21.8 Å². The number of benzene rings is 1. The molecule has 0 bridgehead atoms. The summed E-state index contributed by atoms with van der Waals surface area (Å²) in [7, 11) is 0. The predicted octanol–water partition coefficient (Wildman–Crippen LogP) is 3.14. The summed E-state index contributed by atoms with van der Waals surface area (Å²) < 4.78 is 1.15. The molecule has 2 nitrogen and oxygen atoms in total. The fourth-order valence-corrected chi connectivity index (χ4v) is 2.65. The van der Waals surface area contributed by atoms with Crippen LogP contribution in [0.3, 0.4) is 0 Å². The predicted molar refractivity (Wildman–Crippen MR) is 68.5 cm³/mol. The van der Waals surface area contributed by atoms with Crippen molar-refractivity contribution in [3.63, 3.8) is 0 Å². The number of nitrogens with one attached hydrogen (secondary N) is 1. The molecule has 2 unspecified atom stereocenters. The van der Waals surface area contributed by atoms with E-state index >= 15 is 0 Å². The third-order valence-corrected chi connectivity index (χ3v) is 4.15. The molecular weight excluding hydrogens is 266 g/mol. The van der Waals surface area contributed by atoms with Crippen molar-refractivity contribution in [1.29, 1.82) is 0 Å². The average molecular weight is 282 g/mol. The molecule has 0 aliphatic carbocycles. The zero-order valence-electron chi connectivity index (χ0n) is 9.59. The number of rotatable bonds is 1. The molecule has 2 rings (SSSR count). The summed E-state index contributed by atoms with van der Waals surface area (Å²) in [4.78, 5) is 11.3. The Morgan fingerprint density at radius 1 is 1.44 bits per heavy atom. The van der Waals surface area contributed by atoms with Gasteiger partial charge in [0.05, 0.1) is 0 Å². The fourth-order valence-electron chi connectivity index (χ4n) is 2.26. The van der Waals surface area contributed by atoms with Crippen LogP contribution in [0.15, 0.2) is 22.7 Å². The summed E-state index contributed by atoms with van der Waals surface area (Å²) in [5.41, 5.74) is 2.56. The monoisotopic (exact) mass is 281 g/mol. The third-order valence-electron chi connectivity index (χ3n) is 3.30. The van der Waals surface area contributed by atoms with E-state index in [4.69, 9.17) is 0 Å². The molecule has 1 N–H and O–H groups in total. The van der Waals surface area contributed by atoms with Crippen LogP contribution in [-0.4, -0.2) is 11.9 Å². The number of hydrogen-bond acceptors (Lipinski definition) is 1. The zero-order valence-corrected chi connectivity index (χ0v) is 11.2. The van der Waals surface area contributed by atoms with Gasteiger partial charge in [-0.25, -0.2) is 0 Å². The summed E-state index contributed by atoms with van der Waals surface area (Å²) in [6.07, 6.45) is 1.59.